The molecule has 0 saturated heterocycles. The Labute approximate surface area is 126 Å². The van der Waals surface area contributed by atoms with Gasteiger partial charge in [0.05, 0.1) is 28.2 Å². The summed E-state index contributed by atoms with van der Waals surface area (Å²) in [6.07, 6.45) is 2.78. The molecule has 0 spiro atoms. The second-order valence-corrected chi connectivity index (χ2v) is 7.02. The number of imidazole rings is 1. The van der Waals surface area contributed by atoms with Gasteiger partial charge in [-0.1, -0.05) is 6.07 Å². The lowest BCUT2D eigenvalue weighted by Crippen LogP contribution is -2.03. The van der Waals surface area contributed by atoms with E-state index in [-0.39, 0.29) is 4.90 Å². The first-order chi connectivity index (χ1) is 9.97. The Balaban J connectivity index is 2.22. The highest BCUT2D eigenvalue weighted by molar-refractivity contribution is 7.91. The van der Waals surface area contributed by atoms with Crippen LogP contribution in [0.4, 0.5) is 0 Å². The van der Waals surface area contributed by atoms with Crippen LogP contribution in [0.5, 0.6) is 0 Å². The highest BCUT2D eigenvalue weighted by atomic mass is 32.2. The van der Waals surface area contributed by atoms with Gasteiger partial charge in [-0.2, -0.15) is 10.2 Å². The number of para-hydroxylation sites is 1. The molecule has 1 N–H and O–H groups in total. The second kappa shape index (κ2) is 5.05. The number of fused-ring (bicyclic) bond motifs is 1. The number of benzene rings is 1. The average molecular weight is 320 g/mol. The standard InChI is InChI=1S/C13H12N4O2S2/c1-21(18,19)11-6-2-5-10-12(11)15-13(20)17(10)8-9-4-3-7-14-16-9/h2-7H,8H2,1H3,(H,15,20). The van der Waals surface area contributed by atoms with Gasteiger partial charge in [0.25, 0.3) is 0 Å². The molecule has 0 radical (unpaired) electrons. The molecule has 0 aliphatic rings. The molecule has 0 amide bonds. The molecular formula is C13H12N4O2S2. The molecule has 0 saturated carbocycles. The Morgan fingerprint density at radius 3 is 2.76 bits per heavy atom. The van der Waals surface area contributed by atoms with Gasteiger partial charge in [0.2, 0.25) is 0 Å². The molecule has 0 fully saturated rings. The lowest BCUT2D eigenvalue weighted by Gasteiger charge is -2.04. The minimum atomic E-state index is -3.32. The summed E-state index contributed by atoms with van der Waals surface area (Å²) in [4.78, 5) is 3.21. The number of nitrogens with zero attached hydrogens (tertiary/aromatic N) is 3. The van der Waals surface area contributed by atoms with Gasteiger partial charge in [-0.3, -0.25) is 0 Å². The molecule has 0 aliphatic heterocycles. The van der Waals surface area contributed by atoms with Crippen molar-refractivity contribution in [3.8, 4) is 0 Å². The lowest BCUT2D eigenvalue weighted by atomic mass is 10.3. The zero-order valence-corrected chi connectivity index (χ0v) is 12.8. The van der Waals surface area contributed by atoms with E-state index in [0.29, 0.717) is 16.8 Å². The number of rotatable bonds is 3. The summed E-state index contributed by atoms with van der Waals surface area (Å²) in [5, 5.41) is 7.85. The molecular weight excluding hydrogens is 308 g/mol. The summed E-state index contributed by atoms with van der Waals surface area (Å²) in [6, 6.07) is 8.73. The third-order valence-corrected chi connectivity index (χ3v) is 4.58. The van der Waals surface area contributed by atoms with Crippen LogP contribution in [0, 0.1) is 4.77 Å². The van der Waals surface area contributed by atoms with E-state index < -0.39 is 9.84 Å². The van der Waals surface area contributed by atoms with Gasteiger partial charge in [0.1, 0.15) is 0 Å². The van der Waals surface area contributed by atoms with E-state index in [1.165, 1.54) is 6.26 Å². The summed E-state index contributed by atoms with van der Waals surface area (Å²) in [5.41, 5.74) is 2.00. The van der Waals surface area contributed by atoms with Crippen molar-refractivity contribution in [1.29, 1.82) is 0 Å². The Morgan fingerprint density at radius 1 is 1.29 bits per heavy atom. The van der Waals surface area contributed by atoms with Crippen molar-refractivity contribution in [3.63, 3.8) is 0 Å². The molecule has 1 aromatic carbocycles. The van der Waals surface area contributed by atoms with Gasteiger partial charge in [-0.25, -0.2) is 8.42 Å². The van der Waals surface area contributed by atoms with Gasteiger partial charge in [0, 0.05) is 12.5 Å². The van der Waals surface area contributed by atoms with Crippen molar-refractivity contribution in [2.45, 2.75) is 11.4 Å². The zero-order valence-electron chi connectivity index (χ0n) is 11.1. The zero-order chi connectivity index (χ0) is 15.0. The molecule has 0 aliphatic carbocycles. The Hall–Kier alpha value is -2.06. The van der Waals surface area contributed by atoms with Crippen LogP contribution in [0.15, 0.2) is 41.4 Å². The Kier molecular flexibility index (Phi) is 3.34. The van der Waals surface area contributed by atoms with Gasteiger partial charge < -0.3 is 9.55 Å². The van der Waals surface area contributed by atoms with Gasteiger partial charge in [-0.05, 0) is 36.5 Å². The van der Waals surface area contributed by atoms with E-state index in [1.807, 2.05) is 16.7 Å². The molecule has 8 heteroatoms. The summed E-state index contributed by atoms with van der Waals surface area (Å²) >= 11 is 5.30. The van der Waals surface area contributed by atoms with Crippen LogP contribution in [0.3, 0.4) is 0 Å². The van der Waals surface area contributed by atoms with Gasteiger partial charge >= 0.3 is 0 Å². The summed E-state index contributed by atoms with van der Waals surface area (Å²) in [5.74, 6) is 0. The Bertz CT molecular complexity index is 959. The fourth-order valence-electron chi connectivity index (χ4n) is 2.20. The maximum atomic E-state index is 11.8. The fraction of sp³-hybridized carbons (Fsp3) is 0.154. The topological polar surface area (TPSA) is 80.6 Å². The summed E-state index contributed by atoms with van der Waals surface area (Å²) in [7, 11) is -3.32. The van der Waals surface area contributed by atoms with E-state index in [1.54, 1.807) is 24.4 Å². The van der Waals surface area contributed by atoms with E-state index >= 15 is 0 Å². The SMILES string of the molecule is CS(=O)(=O)c1cccc2c1[nH]c(=S)n2Cc1cccnn1. The van der Waals surface area contributed by atoms with Crippen LogP contribution >= 0.6 is 12.2 Å². The molecule has 2 aromatic heterocycles. The summed E-state index contributed by atoms with van der Waals surface area (Å²) in [6.45, 7) is 0.430. The number of sulfone groups is 1. The minimum Gasteiger partial charge on any atom is -0.329 e. The first kappa shape index (κ1) is 13.9. The van der Waals surface area contributed by atoms with Crippen molar-refractivity contribution >= 4 is 33.1 Å². The highest BCUT2D eigenvalue weighted by Gasteiger charge is 2.15. The second-order valence-electron chi connectivity index (χ2n) is 4.65. The molecule has 0 atom stereocenters. The molecule has 6 nitrogen and oxygen atoms in total. The monoisotopic (exact) mass is 320 g/mol. The predicted molar refractivity (Wildman–Crippen MR) is 81.4 cm³/mol. The first-order valence-electron chi connectivity index (χ1n) is 6.15. The Morgan fingerprint density at radius 2 is 2.10 bits per heavy atom. The quantitative estimate of drug-likeness (QED) is 0.746. The molecule has 3 aromatic rings. The summed E-state index contributed by atoms with van der Waals surface area (Å²) < 4.78 is 25.9. The third-order valence-electron chi connectivity index (χ3n) is 3.12. The first-order valence-corrected chi connectivity index (χ1v) is 8.45. The number of nitrogens with one attached hydrogen (secondary N) is 1. The van der Waals surface area contributed by atoms with E-state index in [4.69, 9.17) is 12.2 Å². The highest BCUT2D eigenvalue weighted by Crippen LogP contribution is 2.23. The molecule has 21 heavy (non-hydrogen) atoms. The minimum absolute atomic E-state index is 0.240. The number of H-pyrrole nitrogens is 1. The van der Waals surface area contributed by atoms with Crippen LogP contribution in [0.2, 0.25) is 0 Å². The average Bonchev–Trinajstić information content (AvgIpc) is 2.75. The maximum Gasteiger partial charge on any atom is 0.178 e. The van der Waals surface area contributed by atoms with Gasteiger partial charge in [0.15, 0.2) is 14.6 Å². The van der Waals surface area contributed by atoms with E-state index in [0.717, 1.165) is 11.2 Å². The molecule has 3 rings (SSSR count). The molecule has 2 heterocycles. The lowest BCUT2D eigenvalue weighted by molar-refractivity contribution is 0.602. The normalized spacial score (nSPS) is 11.9. The van der Waals surface area contributed by atoms with Crippen molar-refractivity contribution < 1.29 is 8.42 Å². The van der Waals surface area contributed by atoms with Crippen molar-refractivity contribution in [1.82, 2.24) is 19.7 Å². The molecule has 0 unspecified atom stereocenters. The third kappa shape index (κ3) is 2.59. The van der Waals surface area contributed by atoms with Crippen LogP contribution in [0.1, 0.15) is 5.69 Å². The van der Waals surface area contributed by atoms with E-state index in [9.17, 15) is 8.42 Å². The van der Waals surface area contributed by atoms with Gasteiger partial charge in [-0.15, -0.1) is 0 Å². The van der Waals surface area contributed by atoms with E-state index in [2.05, 4.69) is 15.2 Å². The van der Waals surface area contributed by atoms with Crippen LogP contribution in [0.25, 0.3) is 11.0 Å². The fourth-order valence-corrected chi connectivity index (χ4v) is 3.32. The maximum absolute atomic E-state index is 11.8. The van der Waals surface area contributed by atoms with Crippen molar-refractivity contribution in [2.75, 3.05) is 6.26 Å². The van der Waals surface area contributed by atoms with Crippen LogP contribution in [-0.2, 0) is 16.4 Å². The van der Waals surface area contributed by atoms with Crippen molar-refractivity contribution in [2.24, 2.45) is 0 Å². The largest absolute Gasteiger partial charge is 0.329 e. The smallest absolute Gasteiger partial charge is 0.178 e. The predicted octanol–water partition coefficient (Wildman–Crippen LogP) is 1.94. The number of hydrogen-bond acceptors (Lipinski definition) is 5. The van der Waals surface area contributed by atoms with Crippen LogP contribution < -0.4 is 0 Å². The van der Waals surface area contributed by atoms with Crippen LogP contribution in [-0.4, -0.2) is 34.4 Å². The molecule has 108 valence electrons. The number of hydrogen-bond donors (Lipinski definition) is 1. The number of aromatic nitrogens is 4. The number of aromatic amines is 1. The molecule has 0 bridgehead atoms. The van der Waals surface area contributed by atoms with Crippen molar-refractivity contribution in [3.05, 3.63) is 47.0 Å².